The lowest BCUT2D eigenvalue weighted by Crippen LogP contribution is -1.94. The standard InChI is InChI=1S/C15H10ClFN2O/c16-13-7-10(4-5-20)14(15-12(13)8-18-19-15)9-2-1-3-11(17)6-9/h1-3,5-8H,4H2,(H,18,19). The topological polar surface area (TPSA) is 45.8 Å². The Morgan fingerprint density at radius 2 is 2.20 bits per heavy atom. The van der Waals surface area contributed by atoms with Gasteiger partial charge in [-0.15, -0.1) is 0 Å². The van der Waals surface area contributed by atoms with Crippen molar-refractivity contribution in [2.75, 3.05) is 0 Å². The van der Waals surface area contributed by atoms with Crippen LogP contribution in [0, 0.1) is 5.82 Å². The number of carbonyl (C=O) groups is 1. The van der Waals surface area contributed by atoms with Gasteiger partial charge in [-0.2, -0.15) is 5.10 Å². The molecule has 1 aromatic heterocycles. The molecule has 3 nitrogen and oxygen atoms in total. The van der Waals surface area contributed by atoms with E-state index in [0.29, 0.717) is 16.1 Å². The fraction of sp³-hybridized carbons (Fsp3) is 0.0667. The van der Waals surface area contributed by atoms with Gasteiger partial charge in [0.05, 0.1) is 16.7 Å². The summed E-state index contributed by atoms with van der Waals surface area (Å²) in [4.78, 5) is 10.9. The van der Waals surface area contributed by atoms with Crippen LogP contribution in [0.2, 0.25) is 5.02 Å². The van der Waals surface area contributed by atoms with Crippen molar-refractivity contribution in [3.8, 4) is 11.1 Å². The van der Waals surface area contributed by atoms with Gasteiger partial charge in [-0.1, -0.05) is 23.7 Å². The van der Waals surface area contributed by atoms with Gasteiger partial charge in [0.2, 0.25) is 0 Å². The predicted molar refractivity (Wildman–Crippen MR) is 76.3 cm³/mol. The van der Waals surface area contributed by atoms with E-state index < -0.39 is 0 Å². The van der Waals surface area contributed by atoms with Gasteiger partial charge in [-0.05, 0) is 29.3 Å². The van der Waals surface area contributed by atoms with Crippen LogP contribution in [0.25, 0.3) is 22.0 Å². The second kappa shape index (κ2) is 5.06. The Morgan fingerprint density at radius 1 is 1.35 bits per heavy atom. The van der Waals surface area contributed by atoms with E-state index in [2.05, 4.69) is 10.2 Å². The molecule has 0 unspecified atom stereocenters. The lowest BCUT2D eigenvalue weighted by atomic mass is 9.95. The van der Waals surface area contributed by atoms with Gasteiger partial charge in [0.25, 0.3) is 0 Å². The first kappa shape index (κ1) is 12.8. The molecule has 0 fully saturated rings. The molecule has 1 heterocycles. The summed E-state index contributed by atoms with van der Waals surface area (Å²) in [6, 6.07) is 7.96. The first-order chi connectivity index (χ1) is 9.70. The maximum atomic E-state index is 13.5. The van der Waals surface area contributed by atoms with Crippen molar-refractivity contribution in [3.05, 3.63) is 52.9 Å². The molecule has 0 aliphatic carbocycles. The number of H-pyrrole nitrogens is 1. The normalized spacial score (nSPS) is 10.9. The largest absolute Gasteiger partial charge is 0.303 e. The Labute approximate surface area is 119 Å². The van der Waals surface area contributed by atoms with Crippen molar-refractivity contribution in [1.82, 2.24) is 10.2 Å². The SMILES string of the molecule is O=CCc1cc(Cl)c2cn[nH]c2c1-c1cccc(F)c1. The zero-order valence-corrected chi connectivity index (χ0v) is 11.1. The first-order valence-corrected chi connectivity index (χ1v) is 6.42. The third-order valence-corrected chi connectivity index (χ3v) is 3.50. The van der Waals surface area contributed by atoms with E-state index in [1.165, 1.54) is 12.1 Å². The van der Waals surface area contributed by atoms with Crippen molar-refractivity contribution in [3.63, 3.8) is 0 Å². The smallest absolute Gasteiger partial charge is 0.124 e. The van der Waals surface area contributed by atoms with Crippen LogP contribution in [-0.4, -0.2) is 16.5 Å². The van der Waals surface area contributed by atoms with Crippen LogP contribution in [0.3, 0.4) is 0 Å². The molecule has 0 aliphatic rings. The van der Waals surface area contributed by atoms with Gasteiger partial charge in [0.1, 0.15) is 12.1 Å². The number of aromatic amines is 1. The fourth-order valence-electron chi connectivity index (χ4n) is 2.35. The zero-order valence-electron chi connectivity index (χ0n) is 10.4. The summed E-state index contributed by atoms with van der Waals surface area (Å²) in [5.41, 5.74) is 2.90. The molecular weight excluding hydrogens is 279 g/mol. The number of benzene rings is 2. The molecule has 0 saturated heterocycles. The third kappa shape index (κ3) is 2.08. The maximum absolute atomic E-state index is 13.5. The molecule has 0 atom stereocenters. The average molecular weight is 289 g/mol. The number of nitrogens with zero attached hydrogens (tertiary/aromatic N) is 1. The minimum atomic E-state index is -0.331. The molecule has 20 heavy (non-hydrogen) atoms. The number of halogens is 2. The highest BCUT2D eigenvalue weighted by Gasteiger charge is 2.15. The van der Waals surface area contributed by atoms with E-state index in [0.717, 1.165) is 22.8 Å². The second-order valence-corrected chi connectivity index (χ2v) is 4.84. The number of hydrogen-bond acceptors (Lipinski definition) is 2. The minimum absolute atomic E-state index is 0.209. The van der Waals surface area contributed by atoms with E-state index >= 15 is 0 Å². The summed E-state index contributed by atoms with van der Waals surface area (Å²) in [5, 5.41) is 8.12. The third-order valence-electron chi connectivity index (χ3n) is 3.19. The number of rotatable bonds is 3. The number of nitrogens with one attached hydrogen (secondary N) is 1. The van der Waals surface area contributed by atoms with Crippen molar-refractivity contribution >= 4 is 28.8 Å². The molecule has 0 saturated carbocycles. The summed E-state index contributed by atoms with van der Waals surface area (Å²) in [6.45, 7) is 0. The highest BCUT2D eigenvalue weighted by Crippen LogP contribution is 2.35. The fourth-order valence-corrected chi connectivity index (χ4v) is 2.62. The summed E-state index contributed by atoms with van der Waals surface area (Å²) in [7, 11) is 0. The van der Waals surface area contributed by atoms with Crippen molar-refractivity contribution < 1.29 is 9.18 Å². The average Bonchev–Trinajstić information content (AvgIpc) is 2.89. The van der Waals surface area contributed by atoms with Crippen LogP contribution in [0.1, 0.15) is 5.56 Å². The molecule has 0 spiro atoms. The Bertz CT molecular complexity index is 798. The molecule has 0 radical (unpaired) electrons. The molecule has 3 aromatic rings. The van der Waals surface area contributed by atoms with E-state index in [1.54, 1.807) is 24.4 Å². The summed E-state index contributed by atoms with van der Waals surface area (Å²) in [6.07, 6.45) is 2.63. The van der Waals surface area contributed by atoms with E-state index in [-0.39, 0.29) is 12.2 Å². The Kier molecular flexibility index (Phi) is 3.24. The molecule has 0 bridgehead atoms. The molecule has 100 valence electrons. The van der Waals surface area contributed by atoms with Crippen LogP contribution in [0.4, 0.5) is 4.39 Å². The number of fused-ring (bicyclic) bond motifs is 1. The van der Waals surface area contributed by atoms with Gasteiger partial charge >= 0.3 is 0 Å². The lowest BCUT2D eigenvalue weighted by molar-refractivity contribution is -0.107. The summed E-state index contributed by atoms with van der Waals surface area (Å²) < 4.78 is 13.5. The first-order valence-electron chi connectivity index (χ1n) is 6.04. The van der Waals surface area contributed by atoms with Gasteiger partial charge in [0.15, 0.2) is 0 Å². The highest BCUT2D eigenvalue weighted by molar-refractivity contribution is 6.36. The molecule has 1 N–H and O–H groups in total. The number of aldehydes is 1. The van der Waals surface area contributed by atoms with Crippen LogP contribution >= 0.6 is 11.6 Å². The van der Waals surface area contributed by atoms with Crippen molar-refractivity contribution in [1.29, 1.82) is 0 Å². The summed E-state index contributed by atoms with van der Waals surface area (Å²) in [5.74, 6) is -0.331. The lowest BCUT2D eigenvalue weighted by Gasteiger charge is -2.10. The highest BCUT2D eigenvalue weighted by atomic mass is 35.5. The Morgan fingerprint density at radius 3 is 2.95 bits per heavy atom. The van der Waals surface area contributed by atoms with E-state index in [1.807, 2.05) is 0 Å². The molecular formula is C15H10ClFN2O. The molecule has 3 rings (SSSR count). The molecule has 0 amide bonds. The summed E-state index contributed by atoms with van der Waals surface area (Å²) >= 11 is 6.18. The molecule has 5 heteroatoms. The van der Waals surface area contributed by atoms with Crippen molar-refractivity contribution in [2.45, 2.75) is 6.42 Å². The van der Waals surface area contributed by atoms with Crippen LogP contribution < -0.4 is 0 Å². The molecule has 0 aliphatic heterocycles. The van der Waals surface area contributed by atoms with E-state index in [4.69, 9.17) is 11.6 Å². The van der Waals surface area contributed by atoms with Gasteiger partial charge in [-0.25, -0.2) is 4.39 Å². The van der Waals surface area contributed by atoms with Gasteiger partial charge in [0, 0.05) is 17.4 Å². The molecule has 2 aromatic carbocycles. The van der Waals surface area contributed by atoms with Crippen molar-refractivity contribution in [2.24, 2.45) is 0 Å². The van der Waals surface area contributed by atoms with Crippen LogP contribution in [-0.2, 0) is 11.2 Å². The maximum Gasteiger partial charge on any atom is 0.124 e. The number of carbonyl (C=O) groups excluding carboxylic acids is 1. The van der Waals surface area contributed by atoms with Gasteiger partial charge < -0.3 is 4.79 Å². The number of hydrogen-bond donors (Lipinski definition) is 1. The Balaban J connectivity index is 2.36. The minimum Gasteiger partial charge on any atom is -0.303 e. The van der Waals surface area contributed by atoms with Crippen LogP contribution in [0.15, 0.2) is 36.5 Å². The predicted octanol–water partition coefficient (Wildman–Crippen LogP) is 3.76. The van der Waals surface area contributed by atoms with Crippen LogP contribution in [0.5, 0.6) is 0 Å². The van der Waals surface area contributed by atoms with Gasteiger partial charge in [-0.3, -0.25) is 5.10 Å². The Hall–Kier alpha value is -2.20. The quantitative estimate of drug-likeness (QED) is 0.746. The zero-order chi connectivity index (χ0) is 14.1. The number of aromatic nitrogens is 2. The monoisotopic (exact) mass is 288 g/mol. The second-order valence-electron chi connectivity index (χ2n) is 4.43. The van der Waals surface area contributed by atoms with E-state index in [9.17, 15) is 9.18 Å².